The van der Waals surface area contributed by atoms with Gasteiger partial charge in [0.2, 0.25) is 0 Å². The van der Waals surface area contributed by atoms with Crippen LogP contribution in [0.5, 0.6) is 0 Å². The fourth-order valence-corrected chi connectivity index (χ4v) is 1.99. The van der Waals surface area contributed by atoms with Crippen LogP contribution in [0.25, 0.3) is 0 Å². The summed E-state index contributed by atoms with van der Waals surface area (Å²) in [5, 5.41) is 2.96. The summed E-state index contributed by atoms with van der Waals surface area (Å²) < 4.78 is 0. The predicted octanol–water partition coefficient (Wildman–Crippen LogP) is 2.22. The molecule has 3 nitrogen and oxygen atoms in total. The third kappa shape index (κ3) is 4.52. The minimum Gasteiger partial charge on any atom is -0.351 e. The Balaban J connectivity index is 2.60. The molecular formula is C14H20N2OS. The van der Waals surface area contributed by atoms with E-state index in [0.717, 1.165) is 11.3 Å². The molecule has 0 radical (unpaired) electrons. The highest BCUT2D eigenvalue weighted by Gasteiger charge is 2.17. The zero-order chi connectivity index (χ0) is 13.6. The molecule has 0 aliphatic carbocycles. The number of nitrogens with one attached hydrogen (secondary N) is 1. The molecule has 1 aromatic heterocycles. The van der Waals surface area contributed by atoms with Crippen molar-refractivity contribution >= 4 is 17.2 Å². The molecule has 1 amide bonds. The Morgan fingerprint density at radius 2 is 2.22 bits per heavy atom. The molecule has 0 aliphatic rings. The van der Waals surface area contributed by atoms with Gasteiger partial charge in [-0.1, -0.05) is 32.6 Å². The molecule has 0 aliphatic heterocycles. The van der Waals surface area contributed by atoms with Gasteiger partial charge < -0.3 is 11.1 Å². The lowest BCUT2D eigenvalue weighted by atomic mass is 9.90. The highest BCUT2D eigenvalue weighted by atomic mass is 32.1. The van der Waals surface area contributed by atoms with E-state index in [4.69, 9.17) is 5.73 Å². The minimum absolute atomic E-state index is 0.0256. The first-order valence-electron chi connectivity index (χ1n) is 6.05. The van der Waals surface area contributed by atoms with Crippen molar-refractivity contribution in [2.75, 3.05) is 13.1 Å². The first-order chi connectivity index (χ1) is 8.48. The molecule has 0 spiro atoms. The van der Waals surface area contributed by atoms with Crippen LogP contribution in [-0.2, 0) is 0 Å². The number of hydrogen-bond acceptors (Lipinski definition) is 3. The van der Waals surface area contributed by atoms with Crippen molar-refractivity contribution in [1.29, 1.82) is 0 Å². The standard InChI is InChI=1S/C14H20N2OS/c1-4-14(2,3)10-16-13(17)12-8-7-11(18-12)6-5-9-15/h7-8H,4,9-10,15H2,1-3H3,(H,16,17). The van der Waals surface area contributed by atoms with Gasteiger partial charge in [0.15, 0.2) is 0 Å². The van der Waals surface area contributed by atoms with Gasteiger partial charge in [0, 0.05) is 6.54 Å². The third-order valence-electron chi connectivity index (χ3n) is 2.83. The lowest BCUT2D eigenvalue weighted by Crippen LogP contribution is -2.33. The van der Waals surface area contributed by atoms with Gasteiger partial charge in [0.25, 0.3) is 5.91 Å². The van der Waals surface area contributed by atoms with Crippen LogP contribution in [0, 0.1) is 17.3 Å². The van der Waals surface area contributed by atoms with Gasteiger partial charge in [-0.25, -0.2) is 0 Å². The molecule has 1 heterocycles. The van der Waals surface area contributed by atoms with Crippen molar-refractivity contribution in [2.45, 2.75) is 27.2 Å². The number of hydrogen-bond donors (Lipinski definition) is 2. The van der Waals surface area contributed by atoms with E-state index in [2.05, 4.69) is 37.9 Å². The topological polar surface area (TPSA) is 55.1 Å². The average Bonchev–Trinajstić information content (AvgIpc) is 2.82. The van der Waals surface area contributed by atoms with Crippen LogP contribution in [0.1, 0.15) is 41.7 Å². The molecule has 0 atom stereocenters. The van der Waals surface area contributed by atoms with Crippen LogP contribution in [-0.4, -0.2) is 19.0 Å². The van der Waals surface area contributed by atoms with Crippen molar-refractivity contribution in [3.05, 3.63) is 21.9 Å². The summed E-state index contributed by atoms with van der Waals surface area (Å²) in [5.41, 5.74) is 5.44. The van der Waals surface area contributed by atoms with Crippen LogP contribution in [0.15, 0.2) is 12.1 Å². The molecule has 18 heavy (non-hydrogen) atoms. The molecule has 0 saturated carbocycles. The molecular weight excluding hydrogens is 244 g/mol. The van der Waals surface area contributed by atoms with Crippen molar-refractivity contribution in [1.82, 2.24) is 5.32 Å². The van der Waals surface area contributed by atoms with Crippen LogP contribution in [0.4, 0.5) is 0 Å². The van der Waals surface area contributed by atoms with Gasteiger partial charge in [-0.05, 0) is 24.0 Å². The third-order valence-corrected chi connectivity index (χ3v) is 3.83. The highest BCUT2D eigenvalue weighted by molar-refractivity contribution is 7.14. The second-order valence-corrected chi connectivity index (χ2v) is 5.95. The van der Waals surface area contributed by atoms with E-state index in [-0.39, 0.29) is 11.3 Å². The Hall–Kier alpha value is -1.31. The highest BCUT2D eigenvalue weighted by Crippen LogP contribution is 2.19. The Kier molecular flexibility index (Phi) is 5.39. The van der Waals surface area contributed by atoms with Gasteiger partial charge in [0.1, 0.15) is 0 Å². The van der Waals surface area contributed by atoms with E-state index in [9.17, 15) is 4.79 Å². The van der Waals surface area contributed by atoms with Crippen molar-refractivity contribution in [2.24, 2.45) is 11.1 Å². The lowest BCUT2D eigenvalue weighted by molar-refractivity contribution is 0.0940. The molecule has 4 heteroatoms. The fraction of sp³-hybridized carbons (Fsp3) is 0.500. The number of nitrogens with two attached hydrogens (primary N) is 1. The summed E-state index contributed by atoms with van der Waals surface area (Å²) >= 11 is 1.40. The SMILES string of the molecule is CCC(C)(C)CNC(=O)c1ccc(C#CCN)s1. The maximum atomic E-state index is 11.9. The number of thiophene rings is 1. The largest absolute Gasteiger partial charge is 0.351 e. The number of amides is 1. The number of rotatable bonds is 4. The summed E-state index contributed by atoms with van der Waals surface area (Å²) in [6.45, 7) is 7.42. The molecule has 1 aromatic rings. The summed E-state index contributed by atoms with van der Waals surface area (Å²) in [7, 11) is 0. The predicted molar refractivity (Wildman–Crippen MR) is 76.7 cm³/mol. The summed E-state index contributed by atoms with van der Waals surface area (Å²) in [4.78, 5) is 13.5. The Labute approximate surface area is 113 Å². The van der Waals surface area contributed by atoms with Gasteiger partial charge in [-0.2, -0.15) is 0 Å². The van der Waals surface area contributed by atoms with Crippen molar-refractivity contribution in [3.63, 3.8) is 0 Å². The first-order valence-corrected chi connectivity index (χ1v) is 6.87. The zero-order valence-corrected chi connectivity index (χ0v) is 12.0. The maximum absolute atomic E-state index is 11.9. The van der Waals surface area contributed by atoms with E-state index in [1.807, 2.05) is 6.07 Å². The first kappa shape index (κ1) is 14.7. The van der Waals surface area contributed by atoms with E-state index >= 15 is 0 Å². The Morgan fingerprint density at radius 1 is 1.50 bits per heavy atom. The normalized spacial score (nSPS) is 10.7. The van der Waals surface area contributed by atoms with Crippen LogP contribution < -0.4 is 11.1 Å². The quantitative estimate of drug-likeness (QED) is 0.819. The van der Waals surface area contributed by atoms with E-state index in [1.165, 1.54) is 11.3 Å². The van der Waals surface area contributed by atoms with Crippen LogP contribution in [0.2, 0.25) is 0 Å². The molecule has 0 unspecified atom stereocenters. The molecule has 0 bridgehead atoms. The number of carbonyl (C=O) groups is 1. The van der Waals surface area contributed by atoms with Gasteiger partial charge in [-0.3, -0.25) is 4.79 Å². The van der Waals surface area contributed by atoms with Crippen LogP contribution in [0.3, 0.4) is 0 Å². The molecule has 98 valence electrons. The van der Waals surface area contributed by atoms with Crippen molar-refractivity contribution < 1.29 is 4.79 Å². The van der Waals surface area contributed by atoms with Gasteiger partial charge in [0.05, 0.1) is 16.3 Å². The summed E-state index contributed by atoms with van der Waals surface area (Å²) in [5.74, 6) is 5.68. The summed E-state index contributed by atoms with van der Waals surface area (Å²) in [6, 6.07) is 3.66. The number of carbonyl (C=O) groups excluding carboxylic acids is 1. The minimum atomic E-state index is -0.0256. The zero-order valence-electron chi connectivity index (χ0n) is 11.2. The Morgan fingerprint density at radius 3 is 2.83 bits per heavy atom. The molecule has 0 aromatic carbocycles. The van der Waals surface area contributed by atoms with Crippen molar-refractivity contribution in [3.8, 4) is 11.8 Å². The van der Waals surface area contributed by atoms with Crippen LogP contribution >= 0.6 is 11.3 Å². The smallest absolute Gasteiger partial charge is 0.261 e. The van der Waals surface area contributed by atoms with Gasteiger partial charge >= 0.3 is 0 Å². The molecule has 3 N–H and O–H groups in total. The molecule has 0 saturated heterocycles. The molecule has 0 fully saturated rings. The Bertz CT molecular complexity index is 466. The average molecular weight is 264 g/mol. The van der Waals surface area contributed by atoms with E-state index in [0.29, 0.717) is 18.0 Å². The van der Waals surface area contributed by atoms with E-state index < -0.39 is 0 Å². The maximum Gasteiger partial charge on any atom is 0.261 e. The lowest BCUT2D eigenvalue weighted by Gasteiger charge is -2.22. The second-order valence-electron chi connectivity index (χ2n) is 4.87. The van der Waals surface area contributed by atoms with Gasteiger partial charge in [-0.15, -0.1) is 11.3 Å². The van der Waals surface area contributed by atoms with E-state index in [1.54, 1.807) is 6.07 Å². The summed E-state index contributed by atoms with van der Waals surface area (Å²) in [6.07, 6.45) is 1.03. The monoisotopic (exact) mass is 264 g/mol. The molecule has 1 rings (SSSR count). The fourth-order valence-electron chi connectivity index (χ4n) is 1.20. The second kappa shape index (κ2) is 6.58.